The molecule has 0 amide bonds. The fourth-order valence-electron chi connectivity index (χ4n) is 8.12. The summed E-state index contributed by atoms with van der Waals surface area (Å²) in [4.78, 5) is 15.7. The summed E-state index contributed by atoms with van der Waals surface area (Å²) in [6.07, 6.45) is 0. The molecule has 0 bridgehead atoms. The van der Waals surface area contributed by atoms with Gasteiger partial charge < -0.3 is 4.42 Å². The Morgan fingerprint density at radius 2 is 0.855 bits per heavy atom. The lowest BCUT2D eigenvalue weighted by atomic mass is 9.93. The minimum absolute atomic E-state index is 0.594. The van der Waals surface area contributed by atoms with Crippen molar-refractivity contribution in [1.82, 2.24) is 15.0 Å². The highest BCUT2D eigenvalue weighted by atomic mass is 16.3. The summed E-state index contributed by atoms with van der Waals surface area (Å²) in [6, 6.07) is 65.7. The van der Waals surface area contributed by atoms with Crippen LogP contribution in [0.15, 0.2) is 192 Å². The molecule has 0 aliphatic rings. The van der Waals surface area contributed by atoms with Crippen LogP contribution in [0, 0.1) is 0 Å². The average molecular weight is 702 g/mol. The first-order valence-corrected chi connectivity index (χ1v) is 18.5. The molecule has 2 heterocycles. The molecule has 11 aromatic rings. The van der Waals surface area contributed by atoms with Crippen molar-refractivity contribution in [3.05, 3.63) is 188 Å². The van der Waals surface area contributed by atoms with Crippen molar-refractivity contribution in [3.8, 4) is 56.4 Å². The van der Waals surface area contributed by atoms with Gasteiger partial charge in [0, 0.05) is 32.8 Å². The van der Waals surface area contributed by atoms with Crippen LogP contribution in [-0.2, 0) is 0 Å². The maximum absolute atomic E-state index is 6.76. The van der Waals surface area contributed by atoms with Gasteiger partial charge in [0.15, 0.2) is 17.5 Å². The molecule has 9 aromatic carbocycles. The highest BCUT2D eigenvalue weighted by Crippen LogP contribution is 2.43. The third-order valence-electron chi connectivity index (χ3n) is 10.7. The molecule has 0 aliphatic carbocycles. The van der Waals surface area contributed by atoms with E-state index in [9.17, 15) is 0 Å². The summed E-state index contributed by atoms with van der Waals surface area (Å²) < 4.78 is 6.76. The van der Waals surface area contributed by atoms with Crippen LogP contribution < -0.4 is 0 Å². The number of fused-ring (bicyclic) bond motifs is 8. The molecule has 0 saturated heterocycles. The molecule has 0 spiro atoms. The van der Waals surface area contributed by atoms with Gasteiger partial charge in [0.05, 0.1) is 0 Å². The van der Waals surface area contributed by atoms with Gasteiger partial charge in [-0.1, -0.05) is 170 Å². The van der Waals surface area contributed by atoms with Crippen LogP contribution in [0.4, 0.5) is 0 Å². The Morgan fingerprint density at radius 3 is 1.60 bits per heavy atom. The van der Waals surface area contributed by atoms with Crippen LogP contribution >= 0.6 is 0 Å². The average Bonchev–Trinajstić information content (AvgIpc) is 3.65. The lowest BCUT2D eigenvalue weighted by Crippen LogP contribution is -2.01. The number of hydrogen-bond donors (Lipinski definition) is 0. The molecule has 256 valence electrons. The molecule has 0 atom stereocenters. The standard InChI is InChI=1S/C51H31N3O/c1-3-14-32(15-4-1)33-26-28-34(29-27-33)43-31-45-47-42(24-13-25-46(47)55-48(45)41-23-12-11-22-40(41)43)50-52-49(35-16-5-2-6-17-35)53-51(54-50)44-30-36-18-7-8-19-37(36)38-20-9-10-21-39(38)44/h1-31H. The van der Waals surface area contributed by atoms with Crippen molar-refractivity contribution >= 4 is 54.3 Å². The number of aromatic nitrogens is 3. The van der Waals surface area contributed by atoms with E-state index in [4.69, 9.17) is 19.4 Å². The molecule has 0 aliphatic heterocycles. The molecule has 0 radical (unpaired) electrons. The van der Waals surface area contributed by atoms with Crippen LogP contribution in [0.2, 0.25) is 0 Å². The zero-order valence-electron chi connectivity index (χ0n) is 29.6. The Hall–Kier alpha value is -7.43. The van der Waals surface area contributed by atoms with Gasteiger partial charge >= 0.3 is 0 Å². The Morgan fingerprint density at radius 1 is 0.309 bits per heavy atom. The quantitative estimate of drug-likeness (QED) is 0.168. The van der Waals surface area contributed by atoms with Crippen molar-refractivity contribution in [2.24, 2.45) is 0 Å². The second-order valence-corrected chi connectivity index (χ2v) is 13.9. The van der Waals surface area contributed by atoms with Gasteiger partial charge in [-0.2, -0.15) is 0 Å². The largest absolute Gasteiger partial charge is 0.455 e. The van der Waals surface area contributed by atoms with Gasteiger partial charge in [-0.25, -0.2) is 15.0 Å². The number of furan rings is 1. The zero-order chi connectivity index (χ0) is 36.3. The van der Waals surface area contributed by atoms with Gasteiger partial charge in [-0.05, 0) is 67.4 Å². The van der Waals surface area contributed by atoms with Crippen LogP contribution in [0.3, 0.4) is 0 Å². The fourth-order valence-corrected chi connectivity index (χ4v) is 8.12. The predicted octanol–water partition coefficient (Wildman–Crippen LogP) is 13.6. The molecular weight excluding hydrogens is 671 g/mol. The molecule has 0 unspecified atom stereocenters. The van der Waals surface area contributed by atoms with Gasteiger partial charge in [0.1, 0.15) is 11.2 Å². The number of hydrogen-bond acceptors (Lipinski definition) is 4. The lowest BCUT2D eigenvalue weighted by Gasteiger charge is -2.13. The summed E-state index contributed by atoms with van der Waals surface area (Å²) in [5.41, 5.74) is 9.08. The normalized spacial score (nSPS) is 11.6. The van der Waals surface area contributed by atoms with E-state index in [0.29, 0.717) is 17.5 Å². The number of benzene rings is 9. The first kappa shape index (κ1) is 31.1. The number of nitrogens with zero attached hydrogens (tertiary/aromatic N) is 3. The molecule has 0 N–H and O–H groups in total. The Bertz CT molecular complexity index is 3240. The van der Waals surface area contributed by atoms with E-state index in [1.807, 2.05) is 30.3 Å². The summed E-state index contributed by atoms with van der Waals surface area (Å²) in [5, 5.41) is 8.80. The maximum atomic E-state index is 6.76. The van der Waals surface area contributed by atoms with Crippen LogP contribution in [0.1, 0.15) is 0 Å². The van der Waals surface area contributed by atoms with Gasteiger partial charge in [-0.3, -0.25) is 0 Å². The second kappa shape index (κ2) is 12.6. The van der Waals surface area contributed by atoms with E-state index < -0.39 is 0 Å². The molecule has 0 saturated carbocycles. The van der Waals surface area contributed by atoms with Crippen molar-refractivity contribution in [3.63, 3.8) is 0 Å². The molecule has 4 nitrogen and oxygen atoms in total. The molecule has 11 rings (SSSR count). The van der Waals surface area contributed by atoms with Crippen LogP contribution in [0.5, 0.6) is 0 Å². The van der Waals surface area contributed by atoms with Crippen molar-refractivity contribution in [1.29, 1.82) is 0 Å². The minimum Gasteiger partial charge on any atom is -0.455 e. The Labute approximate surface area is 317 Å². The molecule has 2 aromatic heterocycles. The SMILES string of the molecule is c1ccc(-c2ccc(-c3cc4c(oc5cccc(-c6nc(-c7ccccc7)nc(-c7cc8ccccc8c8ccccc78)n6)c54)c4ccccc34)cc2)cc1. The molecule has 0 fully saturated rings. The topological polar surface area (TPSA) is 51.8 Å². The lowest BCUT2D eigenvalue weighted by molar-refractivity contribution is 0.673. The van der Waals surface area contributed by atoms with Crippen molar-refractivity contribution < 1.29 is 4.42 Å². The van der Waals surface area contributed by atoms with Gasteiger partial charge in [0.25, 0.3) is 0 Å². The second-order valence-electron chi connectivity index (χ2n) is 13.9. The highest BCUT2D eigenvalue weighted by molar-refractivity contribution is 6.22. The van der Waals surface area contributed by atoms with E-state index in [2.05, 4.69) is 158 Å². The summed E-state index contributed by atoms with van der Waals surface area (Å²) in [6.45, 7) is 0. The van der Waals surface area contributed by atoms with Crippen molar-refractivity contribution in [2.45, 2.75) is 0 Å². The Kier molecular flexibility index (Phi) is 7.14. The third-order valence-corrected chi connectivity index (χ3v) is 10.7. The van der Waals surface area contributed by atoms with Gasteiger partial charge in [0.2, 0.25) is 0 Å². The van der Waals surface area contributed by atoms with E-state index in [1.165, 1.54) is 16.5 Å². The van der Waals surface area contributed by atoms with E-state index in [1.54, 1.807) is 0 Å². The van der Waals surface area contributed by atoms with Crippen molar-refractivity contribution in [2.75, 3.05) is 0 Å². The molecule has 55 heavy (non-hydrogen) atoms. The van der Waals surface area contributed by atoms with E-state index in [0.717, 1.165) is 76.7 Å². The van der Waals surface area contributed by atoms with Gasteiger partial charge in [-0.15, -0.1) is 0 Å². The monoisotopic (exact) mass is 701 g/mol. The summed E-state index contributed by atoms with van der Waals surface area (Å²) in [5.74, 6) is 1.84. The minimum atomic E-state index is 0.594. The van der Waals surface area contributed by atoms with E-state index in [-0.39, 0.29) is 0 Å². The predicted molar refractivity (Wildman–Crippen MR) is 227 cm³/mol. The zero-order valence-corrected chi connectivity index (χ0v) is 29.6. The maximum Gasteiger partial charge on any atom is 0.164 e. The summed E-state index contributed by atoms with van der Waals surface area (Å²) >= 11 is 0. The third kappa shape index (κ3) is 5.19. The smallest absolute Gasteiger partial charge is 0.164 e. The van der Waals surface area contributed by atoms with Crippen LogP contribution in [-0.4, -0.2) is 15.0 Å². The van der Waals surface area contributed by atoms with Crippen LogP contribution in [0.25, 0.3) is 111 Å². The molecular formula is C51H31N3O. The Balaban J connectivity index is 1.17. The first-order chi connectivity index (χ1) is 27.3. The first-order valence-electron chi connectivity index (χ1n) is 18.5. The molecule has 4 heteroatoms. The van der Waals surface area contributed by atoms with E-state index >= 15 is 0 Å². The number of rotatable bonds is 5. The fraction of sp³-hybridized carbons (Fsp3) is 0. The summed E-state index contributed by atoms with van der Waals surface area (Å²) in [7, 11) is 0. The highest BCUT2D eigenvalue weighted by Gasteiger charge is 2.21.